The number of ether oxygens (including phenoxy) is 1. The highest BCUT2D eigenvalue weighted by molar-refractivity contribution is 5.51. The maximum absolute atomic E-state index is 5.81. The van der Waals surface area contributed by atoms with Crippen LogP contribution >= 0.6 is 0 Å². The van der Waals surface area contributed by atoms with Crippen molar-refractivity contribution in [2.75, 3.05) is 6.54 Å². The summed E-state index contributed by atoms with van der Waals surface area (Å²) < 4.78 is 5.81. The second-order valence-electron chi connectivity index (χ2n) is 3.69. The number of nitrogens with two attached hydrogens (primary N) is 1. The second kappa shape index (κ2) is 3.90. The summed E-state index contributed by atoms with van der Waals surface area (Å²) in [4.78, 5) is 4.05. The van der Waals surface area contributed by atoms with E-state index in [1.54, 1.807) is 0 Å². The molecule has 2 N–H and O–H groups in total. The Morgan fingerprint density at radius 1 is 1.58 bits per heavy atom. The summed E-state index contributed by atoms with van der Waals surface area (Å²) >= 11 is 0. The summed E-state index contributed by atoms with van der Waals surface area (Å²) in [6, 6.07) is 0. The van der Waals surface area contributed by atoms with Crippen LogP contribution in [0.15, 0.2) is 4.99 Å². The molecule has 1 aliphatic carbocycles. The molecule has 0 spiro atoms. The molecule has 1 saturated carbocycles. The van der Waals surface area contributed by atoms with Gasteiger partial charge in [-0.1, -0.05) is 0 Å². The Bertz CT molecular complexity index is 162. The molecule has 1 rings (SSSR count). The fourth-order valence-corrected chi connectivity index (χ4v) is 1.60. The van der Waals surface area contributed by atoms with E-state index >= 15 is 0 Å². The zero-order valence-corrected chi connectivity index (χ0v) is 7.92. The van der Waals surface area contributed by atoms with Gasteiger partial charge in [0, 0.05) is 0 Å². The lowest BCUT2D eigenvalue weighted by molar-refractivity contribution is -0.120. The molecule has 3 heteroatoms. The van der Waals surface area contributed by atoms with Crippen LogP contribution in [0, 0.1) is 0 Å². The molecule has 0 bridgehead atoms. The van der Waals surface area contributed by atoms with Crippen LogP contribution in [-0.4, -0.2) is 24.6 Å². The lowest BCUT2D eigenvalue weighted by atomic mass is 9.80. The van der Waals surface area contributed by atoms with Crippen molar-refractivity contribution in [2.24, 2.45) is 10.7 Å². The van der Waals surface area contributed by atoms with Crippen LogP contribution in [0.25, 0.3) is 0 Å². The highest BCUT2D eigenvalue weighted by Gasteiger charge is 2.38. The Kier molecular flexibility index (Phi) is 3.09. The van der Waals surface area contributed by atoms with Gasteiger partial charge in [0.05, 0.1) is 24.6 Å². The molecule has 0 aromatic carbocycles. The average molecular weight is 170 g/mol. The van der Waals surface area contributed by atoms with E-state index in [0.29, 0.717) is 6.10 Å². The van der Waals surface area contributed by atoms with E-state index in [-0.39, 0.29) is 5.60 Å². The first-order valence-electron chi connectivity index (χ1n) is 4.56. The number of nitrogens with zero attached hydrogens (tertiary/aromatic N) is 1. The van der Waals surface area contributed by atoms with Gasteiger partial charge in [0.15, 0.2) is 0 Å². The third kappa shape index (κ3) is 2.21. The van der Waals surface area contributed by atoms with Gasteiger partial charge in [0.2, 0.25) is 0 Å². The smallest absolute Gasteiger partial charge is 0.0880 e. The Morgan fingerprint density at radius 3 is 2.58 bits per heavy atom. The first kappa shape index (κ1) is 9.52. The first-order chi connectivity index (χ1) is 5.68. The van der Waals surface area contributed by atoms with Gasteiger partial charge in [-0.3, -0.25) is 4.99 Å². The van der Waals surface area contributed by atoms with Gasteiger partial charge >= 0.3 is 0 Å². The van der Waals surface area contributed by atoms with Gasteiger partial charge < -0.3 is 10.5 Å². The molecule has 0 aliphatic heterocycles. The Hall–Kier alpha value is -0.570. The third-order valence-electron chi connectivity index (χ3n) is 2.24. The summed E-state index contributed by atoms with van der Waals surface area (Å²) in [5.74, 6) is 0. The van der Waals surface area contributed by atoms with E-state index in [9.17, 15) is 0 Å². The molecule has 3 nitrogen and oxygen atoms in total. The van der Waals surface area contributed by atoms with E-state index < -0.39 is 0 Å². The predicted octanol–water partition coefficient (Wildman–Crippen LogP) is 1.32. The predicted molar refractivity (Wildman–Crippen MR) is 50.3 cm³/mol. The molecule has 0 aromatic rings. The van der Waals surface area contributed by atoms with E-state index in [2.05, 4.69) is 18.8 Å². The fraction of sp³-hybridized carbons (Fsp3) is 0.889. The maximum atomic E-state index is 5.81. The Labute approximate surface area is 74.0 Å². The van der Waals surface area contributed by atoms with Gasteiger partial charge in [-0.05, 0) is 33.1 Å². The molecule has 1 fully saturated rings. The van der Waals surface area contributed by atoms with Crippen molar-refractivity contribution in [1.82, 2.24) is 0 Å². The standard InChI is InChI=1S/C9H18N2O/c1-8(2)12-9(4-3-5-9)6-11-7-10/h7-8H,3-6H2,1-2H3,(H2,10,11). The van der Waals surface area contributed by atoms with Gasteiger partial charge in [0.25, 0.3) is 0 Å². The van der Waals surface area contributed by atoms with E-state index in [0.717, 1.165) is 19.4 Å². The largest absolute Gasteiger partial charge is 0.390 e. The van der Waals surface area contributed by atoms with Crippen molar-refractivity contribution in [3.63, 3.8) is 0 Å². The molecular weight excluding hydrogens is 152 g/mol. The molecule has 0 saturated heterocycles. The van der Waals surface area contributed by atoms with Gasteiger partial charge in [-0.2, -0.15) is 0 Å². The van der Waals surface area contributed by atoms with Crippen molar-refractivity contribution in [3.8, 4) is 0 Å². The summed E-state index contributed by atoms with van der Waals surface area (Å²) in [6.45, 7) is 4.85. The Morgan fingerprint density at radius 2 is 2.25 bits per heavy atom. The molecule has 0 amide bonds. The van der Waals surface area contributed by atoms with Crippen molar-refractivity contribution in [3.05, 3.63) is 0 Å². The van der Waals surface area contributed by atoms with Crippen LogP contribution in [0.1, 0.15) is 33.1 Å². The van der Waals surface area contributed by atoms with Gasteiger partial charge in [0.1, 0.15) is 0 Å². The monoisotopic (exact) mass is 170 g/mol. The number of aliphatic imine (C=N–C) groups is 1. The SMILES string of the molecule is CC(C)OC1(CN=CN)CCC1. The highest BCUT2D eigenvalue weighted by Crippen LogP contribution is 2.36. The van der Waals surface area contributed by atoms with Gasteiger partial charge in [-0.25, -0.2) is 0 Å². The second-order valence-corrected chi connectivity index (χ2v) is 3.69. The number of hydrogen-bond acceptors (Lipinski definition) is 2. The van der Waals surface area contributed by atoms with Crippen LogP contribution < -0.4 is 5.73 Å². The van der Waals surface area contributed by atoms with Crippen LogP contribution in [-0.2, 0) is 4.74 Å². The van der Waals surface area contributed by atoms with Gasteiger partial charge in [-0.15, -0.1) is 0 Å². The average Bonchev–Trinajstić information content (AvgIpc) is 1.94. The molecular formula is C9H18N2O. The van der Waals surface area contributed by atoms with Crippen LogP contribution in [0.3, 0.4) is 0 Å². The molecule has 70 valence electrons. The van der Waals surface area contributed by atoms with Crippen LogP contribution in [0.5, 0.6) is 0 Å². The molecule has 0 atom stereocenters. The zero-order valence-electron chi connectivity index (χ0n) is 7.92. The van der Waals surface area contributed by atoms with E-state index in [4.69, 9.17) is 10.5 Å². The number of rotatable bonds is 4. The highest BCUT2D eigenvalue weighted by atomic mass is 16.5. The lowest BCUT2D eigenvalue weighted by Crippen LogP contribution is -2.45. The topological polar surface area (TPSA) is 47.6 Å². The van der Waals surface area contributed by atoms with Crippen molar-refractivity contribution >= 4 is 6.34 Å². The third-order valence-corrected chi connectivity index (χ3v) is 2.24. The van der Waals surface area contributed by atoms with Crippen LogP contribution in [0.4, 0.5) is 0 Å². The first-order valence-corrected chi connectivity index (χ1v) is 4.56. The molecule has 0 aromatic heterocycles. The lowest BCUT2D eigenvalue weighted by Gasteiger charge is -2.41. The molecule has 0 unspecified atom stereocenters. The molecule has 0 heterocycles. The summed E-state index contributed by atoms with van der Waals surface area (Å²) in [5.41, 5.74) is 5.22. The van der Waals surface area contributed by atoms with E-state index in [1.165, 1.54) is 12.8 Å². The quantitative estimate of drug-likeness (QED) is 0.511. The van der Waals surface area contributed by atoms with Crippen LogP contribution in [0.2, 0.25) is 0 Å². The molecule has 1 aliphatic rings. The minimum Gasteiger partial charge on any atom is -0.390 e. The fourth-order valence-electron chi connectivity index (χ4n) is 1.60. The summed E-state index contributed by atoms with van der Waals surface area (Å²) in [7, 11) is 0. The summed E-state index contributed by atoms with van der Waals surface area (Å²) in [5, 5.41) is 0. The summed E-state index contributed by atoms with van der Waals surface area (Å²) in [6.07, 6.45) is 5.17. The molecule has 0 radical (unpaired) electrons. The van der Waals surface area contributed by atoms with Crippen molar-refractivity contribution in [1.29, 1.82) is 0 Å². The minimum absolute atomic E-state index is 0.0179. The zero-order chi connectivity index (χ0) is 9.03. The van der Waals surface area contributed by atoms with Crippen molar-refractivity contribution in [2.45, 2.75) is 44.8 Å². The van der Waals surface area contributed by atoms with Crippen molar-refractivity contribution < 1.29 is 4.74 Å². The normalized spacial score (nSPS) is 21.6. The Balaban J connectivity index is 2.39. The maximum Gasteiger partial charge on any atom is 0.0880 e. The minimum atomic E-state index is 0.0179. The van der Waals surface area contributed by atoms with E-state index in [1.807, 2.05) is 0 Å². The number of hydrogen-bond donors (Lipinski definition) is 1. The molecule has 12 heavy (non-hydrogen) atoms.